The number of benzene rings is 1. The van der Waals surface area contributed by atoms with Gasteiger partial charge in [0.05, 0.1) is 23.3 Å². The minimum absolute atomic E-state index is 0.131. The van der Waals surface area contributed by atoms with Gasteiger partial charge in [0.25, 0.3) is 0 Å². The molecule has 1 fully saturated rings. The molecule has 1 atom stereocenters. The first-order valence-electron chi connectivity index (χ1n) is 8.65. The third-order valence-corrected chi connectivity index (χ3v) is 5.26. The zero-order chi connectivity index (χ0) is 18.0. The number of rotatable bonds is 4. The van der Waals surface area contributed by atoms with E-state index in [4.69, 9.17) is 22.1 Å². The number of carbonyl (C=O) groups is 1. The number of anilines is 1. The first kappa shape index (κ1) is 18.0. The third-order valence-electron chi connectivity index (χ3n) is 4.95. The van der Waals surface area contributed by atoms with Crippen molar-refractivity contribution >= 4 is 34.2 Å². The van der Waals surface area contributed by atoms with E-state index in [0.29, 0.717) is 17.4 Å². The lowest BCUT2D eigenvalue weighted by Gasteiger charge is -2.35. The van der Waals surface area contributed by atoms with Crippen LogP contribution >= 0.6 is 11.6 Å². The molecule has 0 saturated carbocycles. The molecule has 3 rings (SSSR count). The number of pyridine rings is 1. The molecule has 0 amide bonds. The van der Waals surface area contributed by atoms with Crippen LogP contribution in [0.3, 0.4) is 0 Å². The zero-order valence-electron chi connectivity index (χ0n) is 14.7. The molecule has 1 aromatic heterocycles. The lowest BCUT2D eigenvalue weighted by Crippen LogP contribution is -2.35. The van der Waals surface area contributed by atoms with Crippen LogP contribution in [0.1, 0.15) is 37.8 Å². The molecule has 2 aromatic rings. The quantitative estimate of drug-likeness (QED) is 0.841. The van der Waals surface area contributed by atoms with Crippen LogP contribution in [0.15, 0.2) is 24.4 Å². The average Bonchev–Trinajstić information content (AvgIpc) is 2.62. The van der Waals surface area contributed by atoms with Gasteiger partial charge in [0.2, 0.25) is 0 Å². The highest BCUT2D eigenvalue weighted by Crippen LogP contribution is 2.38. The second-order valence-electron chi connectivity index (χ2n) is 6.70. The summed E-state index contributed by atoms with van der Waals surface area (Å²) in [5, 5.41) is 1.62. The molecule has 0 bridgehead atoms. The molecule has 25 heavy (non-hydrogen) atoms. The topological polar surface area (TPSA) is 68.5 Å². The van der Waals surface area contributed by atoms with E-state index in [-0.39, 0.29) is 12.0 Å². The molecule has 2 N–H and O–H groups in total. The van der Waals surface area contributed by atoms with E-state index >= 15 is 0 Å². The van der Waals surface area contributed by atoms with Crippen LogP contribution in [-0.4, -0.2) is 31.2 Å². The van der Waals surface area contributed by atoms with E-state index < -0.39 is 0 Å². The number of piperidine rings is 1. The summed E-state index contributed by atoms with van der Waals surface area (Å²) in [5.41, 5.74) is 9.21. The SMILES string of the molecule is COC(=O)CC1CCN(c2c(C(C)N)cc(Cl)c3cccnc23)CC1. The van der Waals surface area contributed by atoms with Crippen molar-refractivity contribution in [2.75, 3.05) is 25.1 Å². The van der Waals surface area contributed by atoms with Gasteiger partial charge >= 0.3 is 5.97 Å². The van der Waals surface area contributed by atoms with Gasteiger partial charge in [0.1, 0.15) is 0 Å². The van der Waals surface area contributed by atoms with Gasteiger partial charge < -0.3 is 15.4 Å². The Balaban J connectivity index is 1.92. The van der Waals surface area contributed by atoms with Crippen molar-refractivity contribution in [1.29, 1.82) is 0 Å². The van der Waals surface area contributed by atoms with Crippen molar-refractivity contribution in [2.45, 2.75) is 32.2 Å². The maximum Gasteiger partial charge on any atom is 0.305 e. The van der Waals surface area contributed by atoms with Gasteiger partial charge in [-0.2, -0.15) is 0 Å². The molecule has 0 spiro atoms. The summed E-state index contributed by atoms with van der Waals surface area (Å²) in [7, 11) is 1.44. The highest BCUT2D eigenvalue weighted by Gasteiger charge is 2.26. The molecule has 1 aromatic carbocycles. The number of aromatic nitrogens is 1. The van der Waals surface area contributed by atoms with E-state index in [0.717, 1.165) is 48.1 Å². The Morgan fingerprint density at radius 3 is 2.84 bits per heavy atom. The van der Waals surface area contributed by atoms with E-state index in [1.54, 1.807) is 6.20 Å². The number of fused-ring (bicyclic) bond motifs is 1. The van der Waals surface area contributed by atoms with Gasteiger partial charge in [-0.25, -0.2) is 0 Å². The van der Waals surface area contributed by atoms with E-state index in [9.17, 15) is 4.79 Å². The summed E-state index contributed by atoms with van der Waals surface area (Å²) >= 11 is 6.45. The molecule has 0 aliphatic carbocycles. The van der Waals surface area contributed by atoms with Crippen LogP contribution in [0.5, 0.6) is 0 Å². The Morgan fingerprint density at radius 2 is 2.20 bits per heavy atom. The van der Waals surface area contributed by atoms with Crippen molar-refractivity contribution in [2.24, 2.45) is 11.7 Å². The Kier molecular flexibility index (Phi) is 5.45. The zero-order valence-corrected chi connectivity index (χ0v) is 15.4. The number of ether oxygens (including phenoxy) is 1. The summed E-state index contributed by atoms with van der Waals surface area (Å²) in [6.07, 6.45) is 4.18. The average molecular weight is 362 g/mol. The Hall–Kier alpha value is -1.85. The van der Waals surface area contributed by atoms with E-state index in [1.807, 2.05) is 25.1 Å². The minimum atomic E-state index is -0.133. The molecular formula is C19H24ClN3O2. The number of methoxy groups -OCH3 is 1. The van der Waals surface area contributed by atoms with Gasteiger partial charge in [0.15, 0.2) is 0 Å². The predicted octanol–water partition coefficient (Wildman–Crippen LogP) is 3.69. The summed E-state index contributed by atoms with van der Waals surface area (Å²) in [4.78, 5) is 18.4. The highest BCUT2D eigenvalue weighted by molar-refractivity contribution is 6.36. The Bertz CT molecular complexity index is 771. The maximum atomic E-state index is 11.5. The first-order valence-corrected chi connectivity index (χ1v) is 9.03. The normalized spacial score (nSPS) is 16.9. The summed E-state index contributed by atoms with van der Waals surface area (Å²) in [5.74, 6) is 0.238. The molecule has 2 heterocycles. The fraction of sp³-hybridized carbons (Fsp3) is 0.474. The molecule has 1 unspecified atom stereocenters. The second-order valence-corrected chi connectivity index (χ2v) is 7.10. The van der Waals surface area contributed by atoms with Gasteiger partial charge in [-0.3, -0.25) is 9.78 Å². The van der Waals surface area contributed by atoms with Crippen LogP contribution in [-0.2, 0) is 9.53 Å². The molecule has 1 aliphatic rings. The van der Waals surface area contributed by atoms with Gasteiger partial charge in [0, 0.05) is 37.1 Å². The van der Waals surface area contributed by atoms with Crippen LogP contribution in [0.2, 0.25) is 5.02 Å². The van der Waals surface area contributed by atoms with Crippen LogP contribution in [0.25, 0.3) is 10.9 Å². The fourth-order valence-corrected chi connectivity index (χ4v) is 3.84. The van der Waals surface area contributed by atoms with Gasteiger partial charge in [-0.05, 0) is 49.4 Å². The Morgan fingerprint density at radius 1 is 1.48 bits per heavy atom. The number of carbonyl (C=O) groups excluding carboxylic acids is 1. The van der Waals surface area contributed by atoms with E-state index in [1.165, 1.54) is 7.11 Å². The number of halogens is 1. The van der Waals surface area contributed by atoms with Crippen LogP contribution in [0, 0.1) is 5.92 Å². The largest absolute Gasteiger partial charge is 0.469 e. The number of hydrogen-bond donors (Lipinski definition) is 1. The fourth-order valence-electron chi connectivity index (χ4n) is 3.57. The molecule has 0 radical (unpaired) electrons. The highest BCUT2D eigenvalue weighted by atomic mass is 35.5. The molecule has 6 heteroatoms. The number of esters is 1. The molecule has 5 nitrogen and oxygen atoms in total. The third kappa shape index (κ3) is 3.72. The summed E-state index contributed by atoms with van der Waals surface area (Å²) < 4.78 is 4.79. The molecular weight excluding hydrogens is 338 g/mol. The molecule has 1 saturated heterocycles. The lowest BCUT2D eigenvalue weighted by molar-refractivity contribution is -0.141. The van der Waals surface area contributed by atoms with Crippen molar-refractivity contribution in [3.05, 3.63) is 35.0 Å². The standard InChI is InChI=1S/C19H24ClN3O2/c1-12(21)15-11-16(20)14-4-3-7-22-18(14)19(15)23-8-5-13(6-9-23)10-17(24)25-2/h3-4,7,11-13H,5-6,8-10,21H2,1-2H3. The number of nitrogens with zero attached hydrogens (tertiary/aromatic N) is 2. The van der Waals surface area contributed by atoms with Gasteiger partial charge in [-0.1, -0.05) is 11.6 Å². The molecule has 1 aliphatic heterocycles. The van der Waals surface area contributed by atoms with Crippen molar-refractivity contribution in [3.8, 4) is 0 Å². The maximum absolute atomic E-state index is 11.5. The van der Waals surface area contributed by atoms with E-state index in [2.05, 4.69) is 9.88 Å². The van der Waals surface area contributed by atoms with Crippen molar-refractivity contribution in [1.82, 2.24) is 4.98 Å². The minimum Gasteiger partial charge on any atom is -0.469 e. The van der Waals surface area contributed by atoms with Crippen LogP contribution < -0.4 is 10.6 Å². The Labute approximate surface area is 153 Å². The van der Waals surface area contributed by atoms with Crippen molar-refractivity contribution in [3.63, 3.8) is 0 Å². The van der Waals surface area contributed by atoms with Gasteiger partial charge in [-0.15, -0.1) is 0 Å². The second kappa shape index (κ2) is 7.58. The van der Waals surface area contributed by atoms with Crippen LogP contribution in [0.4, 0.5) is 5.69 Å². The first-order chi connectivity index (χ1) is 12.0. The van der Waals surface area contributed by atoms with Crippen molar-refractivity contribution < 1.29 is 9.53 Å². The monoisotopic (exact) mass is 361 g/mol. The lowest BCUT2D eigenvalue weighted by atomic mass is 9.92. The number of nitrogens with two attached hydrogens (primary N) is 1. The molecule has 134 valence electrons. The smallest absolute Gasteiger partial charge is 0.305 e. The predicted molar refractivity (Wildman–Crippen MR) is 101 cm³/mol. The summed E-state index contributed by atoms with van der Waals surface area (Å²) in [6, 6.07) is 5.72. The summed E-state index contributed by atoms with van der Waals surface area (Å²) in [6.45, 7) is 3.71. The number of hydrogen-bond acceptors (Lipinski definition) is 5.